The van der Waals surface area contributed by atoms with Crippen molar-refractivity contribution in [1.82, 2.24) is 24.2 Å². The van der Waals surface area contributed by atoms with E-state index in [-0.39, 0.29) is 34.0 Å². The SMILES string of the molecule is Cn1cnc2c(C(=O)N3CCN(c4ccccc4F)CC3)nn(-c3ccccc3)c2c1=O. The minimum atomic E-state index is -0.293. The molecule has 8 nitrogen and oxygen atoms in total. The quantitative estimate of drug-likeness (QED) is 0.496. The molecular formula is C23H21FN6O2. The molecule has 1 fully saturated rings. The van der Waals surface area contributed by atoms with Crippen LogP contribution in [0.3, 0.4) is 0 Å². The molecular weight excluding hydrogens is 411 g/mol. The number of amides is 1. The van der Waals surface area contributed by atoms with E-state index in [1.165, 1.54) is 21.6 Å². The fourth-order valence-electron chi connectivity index (χ4n) is 4.00. The second kappa shape index (κ2) is 7.92. The van der Waals surface area contributed by atoms with E-state index in [0.29, 0.717) is 37.6 Å². The number of aromatic nitrogens is 4. The van der Waals surface area contributed by atoms with Gasteiger partial charge in [-0.1, -0.05) is 30.3 Å². The van der Waals surface area contributed by atoms with E-state index in [1.54, 1.807) is 30.1 Å². The molecule has 1 amide bonds. The summed E-state index contributed by atoms with van der Waals surface area (Å²) in [7, 11) is 1.61. The maximum atomic E-state index is 14.1. The summed E-state index contributed by atoms with van der Waals surface area (Å²) >= 11 is 0. The Morgan fingerprint density at radius 3 is 2.38 bits per heavy atom. The van der Waals surface area contributed by atoms with Crippen LogP contribution in [0.25, 0.3) is 16.7 Å². The van der Waals surface area contributed by atoms with Gasteiger partial charge in [-0.05, 0) is 24.3 Å². The Labute approximate surface area is 183 Å². The van der Waals surface area contributed by atoms with Crippen LogP contribution in [0.5, 0.6) is 0 Å². The number of rotatable bonds is 3. The van der Waals surface area contributed by atoms with Crippen LogP contribution in [0.2, 0.25) is 0 Å². The number of hydrogen-bond donors (Lipinski definition) is 0. The van der Waals surface area contributed by atoms with Crippen molar-refractivity contribution in [1.29, 1.82) is 0 Å². The summed E-state index contributed by atoms with van der Waals surface area (Å²) in [5, 5.41) is 4.50. The van der Waals surface area contributed by atoms with E-state index >= 15 is 0 Å². The molecule has 1 aliphatic rings. The van der Waals surface area contributed by atoms with E-state index in [1.807, 2.05) is 35.2 Å². The zero-order valence-electron chi connectivity index (χ0n) is 17.5. The zero-order valence-corrected chi connectivity index (χ0v) is 17.5. The number of carbonyl (C=O) groups excluding carboxylic acids is 1. The van der Waals surface area contributed by atoms with E-state index in [9.17, 15) is 14.0 Å². The number of hydrogen-bond acceptors (Lipinski definition) is 5. The van der Waals surface area contributed by atoms with Gasteiger partial charge in [-0.3, -0.25) is 9.59 Å². The summed E-state index contributed by atoms with van der Waals surface area (Å²) in [4.78, 5) is 34.2. The molecule has 5 rings (SSSR count). The molecule has 0 bridgehead atoms. The minimum Gasteiger partial charge on any atom is -0.366 e. The lowest BCUT2D eigenvalue weighted by molar-refractivity contribution is 0.0742. The molecule has 0 spiro atoms. The molecule has 2 aromatic carbocycles. The van der Waals surface area contributed by atoms with Crippen molar-refractivity contribution < 1.29 is 9.18 Å². The van der Waals surface area contributed by atoms with Gasteiger partial charge < -0.3 is 14.4 Å². The maximum absolute atomic E-state index is 14.1. The number of para-hydroxylation sites is 2. The molecule has 2 aromatic heterocycles. The van der Waals surface area contributed by atoms with Crippen molar-refractivity contribution in [3.63, 3.8) is 0 Å². The fourth-order valence-corrected chi connectivity index (χ4v) is 4.00. The van der Waals surface area contributed by atoms with E-state index in [2.05, 4.69) is 10.1 Å². The smallest absolute Gasteiger partial charge is 0.279 e. The van der Waals surface area contributed by atoms with Crippen LogP contribution in [-0.4, -0.2) is 56.3 Å². The van der Waals surface area contributed by atoms with Gasteiger partial charge in [0.25, 0.3) is 11.5 Å². The van der Waals surface area contributed by atoms with Gasteiger partial charge in [-0.15, -0.1) is 0 Å². The Kier molecular flexibility index (Phi) is 4.93. The van der Waals surface area contributed by atoms with Crippen LogP contribution in [-0.2, 0) is 7.05 Å². The van der Waals surface area contributed by atoms with Gasteiger partial charge in [-0.25, -0.2) is 14.1 Å². The van der Waals surface area contributed by atoms with E-state index in [0.717, 1.165) is 0 Å². The fraction of sp³-hybridized carbons (Fsp3) is 0.217. The number of nitrogens with zero attached hydrogens (tertiary/aromatic N) is 6. The van der Waals surface area contributed by atoms with Crippen molar-refractivity contribution >= 4 is 22.6 Å². The summed E-state index contributed by atoms with van der Waals surface area (Å²) < 4.78 is 17.0. The number of anilines is 1. The number of benzene rings is 2. The van der Waals surface area contributed by atoms with Crippen LogP contribution in [0.4, 0.5) is 10.1 Å². The number of carbonyl (C=O) groups is 1. The Morgan fingerprint density at radius 1 is 0.969 bits per heavy atom. The Balaban J connectivity index is 1.48. The average Bonchev–Trinajstić information content (AvgIpc) is 3.22. The molecule has 1 aliphatic heterocycles. The Morgan fingerprint density at radius 2 is 1.66 bits per heavy atom. The monoisotopic (exact) mass is 432 g/mol. The predicted molar refractivity (Wildman–Crippen MR) is 119 cm³/mol. The van der Waals surface area contributed by atoms with Gasteiger partial charge in [0.1, 0.15) is 11.3 Å². The number of halogens is 1. The first-order valence-corrected chi connectivity index (χ1v) is 10.3. The minimum absolute atomic E-state index is 0.140. The lowest BCUT2D eigenvalue weighted by atomic mass is 10.2. The zero-order chi connectivity index (χ0) is 22.2. The van der Waals surface area contributed by atoms with Gasteiger partial charge in [0.15, 0.2) is 11.2 Å². The summed E-state index contributed by atoms with van der Waals surface area (Å²) in [6.07, 6.45) is 1.40. The van der Waals surface area contributed by atoms with E-state index < -0.39 is 0 Å². The Hall–Kier alpha value is -4.01. The topological polar surface area (TPSA) is 76.3 Å². The molecule has 0 saturated carbocycles. The van der Waals surface area contributed by atoms with Gasteiger partial charge in [-0.2, -0.15) is 5.10 Å². The maximum Gasteiger partial charge on any atom is 0.279 e. The number of fused-ring (bicyclic) bond motifs is 1. The number of piperazine rings is 1. The normalized spacial score (nSPS) is 14.2. The lowest BCUT2D eigenvalue weighted by Crippen LogP contribution is -2.49. The molecule has 1 saturated heterocycles. The van der Waals surface area contributed by atoms with Crippen molar-refractivity contribution in [2.24, 2.45) is 7.05 Å². The van der Waals surface area contributed by atoms with Crippen LogP contribution in [0.15, 0.2) is 65.7 Å². The first kappa shape index (κ1) is 19.9. The van der Waals surface area contributed by atoms with Crippen molar-refractivity contribution in [3.05, 3.63) is 82.8 Å². The van der Waals surface area contributed by atoms with E-state index in [4.69, 9.17) is 0 Å². The first-order valence-electron chi connectivity index (χ1n) is 10.3. The molecule has 0 N–H and O–H groups in total. The first-order chi connectivity index (χ1) is 15.5. The highest BCUT2D eigenvalue weighted by molar-refractivity contribution is 6.03. The van der Waals surface area contributed by atoms with Crippen LogP contribution >= 0.6 is 0 Å². The van der Waals surface area contributed by atoms with Crippen molar-refractivity contribution in [2.45, 2.75) is 0 Å². The van der Waals surface area contributed by atoms with Gasteiger partial charge in [0.2, 0.25) is 0 Å². The summed E-state index contributed by atoms with van der Waals surface area (Å²) in [6, 6.07) is 15.8. The predicted octanol–water partition coefficient (Wildman–Crippen LogP) is 2.22. The number of aryl methyl sites for hydroxylation is 1. The second-order valence-corrected chi connectivity index (χ2v) is 7.68. The van der Waals surface area contributed by atoms with Crippen molar-refractivity contribution in [2.75, 3.05) is 31.1 Å². The summed E-state index contributed by atoms with van der Waals surface area (Å²) in [5.41, 5.74) is 1.60. The van der Waals surface area contributed by atoms with Crippen LogP contribution < -0.4 is 10.5 Å². The van der Waals surface area contributed by atoms with Gasteiger partial charge in [0, 0.05) is 33.2 Å². The molecule has 0 radical (unpaired) electrons. The highest BCUT2D eigenvalue weighted by Gasteiger charge is 2.29. The molecule has 0 atom stereocenters. The highest BCUT2D eigenvalue weighted by atomic mass is 19.1. The molecule has 9 heteroatoms. The molecule has 4 aromatic rings. The third-order valence-corrected chi connectivity index (χ3v) is 5.71. The summed E-state index contributed by atoms with van der Waals surface area (Å²) in [6.45, 7) is 1.83. The Bertz CT molecular complexity index is 1360. The third-order valence-electron chi connectivity index (χ3n) is 5.71. The third kappa shape index (κ3) is 3.31. The molecule has 0 unspecified atom stereocenters. The van der Waals surface area contributed by atoms with Gasteiger partial charge in [0.05, 0.1) is 17.7 Å². The van der Waals surface area contributed by atoms with Crippen LogP contribution in [0.1, 0.15) is 10.5 Å². The molecule has 162 valence electrons. The second-order valence-electron chi connectivity index (χ2n) is 7.68. The highest BCUT2D eigenvalue weighted by Crippen LogP contribution is 2.23. The average molecular weight is 432 g/mol. The molecule has 32 heavy (non-hydrogen) atoms. The van der Waals surface area contributed by atoms with Crippen LogP contribution in [0, 0.1) is 5.82 Å². The molecule has 3 heterocycles. The summed E-state index contributed by atoms with van der Waals surface area (Å²) in [5.74, 6) is -0.571. The van der Waals surface area contributed by atoms with Crippen molar-refractivity contribution in [3.8, 4) is 5.69 Å². The lowest BCUT2D eigenvalue weighted by Gasteiger charge is -2.35. The standard InChI is InChI=1S/C23H21FN6O2/c1-27-15-25-19-20(26-30(21(19)23(27)32)16-7-3-2-4-8-16)22(31)29-13-11-28(12-14-29)18-10-6-5-9-17(18)24/h2-10,15H,11-14H2,1H3. The van der Waals surface area contributed by atoms with Gasteiger partial charge >= 0.3 is 0 Å². The molecule has 0 aliphatic carbocycles. The largest absolute Gasteiger partial charge is 0.366 e.